The van der Waals surface area contributed by atoms with Crippen LogP contribution in [0.1, 0.15) is 34.9 Å². The van der Waals surface area contributed by atoms with Gasteiger partial charge in [-0.15, -0.1) is 0 Å². The number of aromatic nitrogens is 4. The summed E-state index contributed by atoms with van der Waals surface area (Å²) in [5, 5.41) is 10.6. The van der Waals surface area contributed by atoms with Gasteiger partial charge in [-0.1, -0.05) is 0 Å². The number of amides is 1. The molecule has 2 aromatic rings. The molecule has 0 aromatic carbocycles. The number of carbonyl (C=O) groups excluding carboxylic acids is 1. The van der Waals surface area contributed by atoms with E-state index in [0.717, 1.165) is 31.8 Å². The first-order valence-electron chi connectivity index (χ1n) is 8.68. The monoisotopic (exact) mass is 360 g/mol. The van der Waals surface area contributed by atoms with Crippen LogP contribution in [0.5, 0.6) is 5.88 Å². The number of anilines is 1. The summed E-state index contributed by atoms with van der Waals surface area (Å²) >= 11 is 0. The zero-order valence-electron chi connectivity index (χ0n) is 15.1. The zero-order valence-corrected chi connectivity index (χ0v) is 15.1. The standard InChI is InChI=1S/C17H24N6O3/c1-23-17(20-15(22-23)12-3-6-18-7-4-12)21-16(24)13-5-8-19-14(11-13)26-10-9-25-2/h5,8,11-12,18H,3-4,6-7,9-10H2,1-2H3,(H,20,21,22,24). The van der Waals surface area contributed by atoms with E-state index in [1.165, 1.54) is 6.20 Å². The number of ether oxygens (including phenoxy) is 2. The number of methoxy groups -OCH3 is 1. The lowest BCUT2D eigenvalue weighted by atomic mass is 9.98. The molecule has 2 N–H and O–H groups in total. The number of pyridine rings is 1. The number of aryl methyl sites for hydroxylation is 1. The van der Waals surface area contributed by atoms with Gasteiger partial charge in [-0.2, -0.15) is 10.1 Å². The van der Waals surface area contributed by atoms with E-state index < -0.39 is 0 Å². The van der Waals surface area contributed by atoms with E-state index in [9.17, 15) is 4.79 Å². The van der Waals surface area contributed by atoms with Crippen molar-refractivity contribution in [3.8, 4) is 5.88 Å². The van der Waals surface area contributed by atoms with Crippen molar-refractivity contribution in [2.75, 3.05) is 38.7 Å². The fourth-order valence-corrected chi connectivity index (χ4v) is 2.80. The highest BCUT2D eigenvalue weighted by atomic mass is 16.5. The molecule has 3 rings (SSSR count). The molecule has 9 nitrogen and oxygen atoms in total. The Hall–Kier alpha value is -2.52. The molecule has 9 heteroatoms. The summed E-state index contributed by atoms with van der Waals surface area (Å²) in [6.07, 6.45) is 3.54. The molecule has 0 atom stereocenters. The zero-order chi connectivity index (χ0) is 18.4. The third-order valence-electron chi connectivity index (χ3n) is 4.24. The number of piperidine rings is 1. The normalized spacial score (nSPS) is 15.0. The van der Waals surface area contributed by atoms with Gasteiger partial charge in [0.1, 0.15) is 6.61 Å². The van der Waals surface area contributed by atoms with Gasteiger partial charge in [0.05, 0.1) is 6.61 Å². The fraction of sp³-hybridized carbons (Fsp3) is 0.529. The minimum absolute atomic E-state index is 0.281. The number of nitrogens with one attached hydrogen (secondary N) is 2. The molecule has 0 radical (unpaired) electrons. The molecule has 26 heavy (non-hydrogen) atoms. The Morgan fingerprint density at radius 3 is 2.96 bits per heavy atom. The van der Waals surface area contributed by atoms with Gasteiger partial charge in [-0.25, -0.2) is 9.67 Å². The largest absolute Gasteiger partial charge is 0.475 e. The summed E-state index contributed by atoms with van der Waals surface area (Å²) in [5.74, 6) is 1.64. The van der Waals surface area contributed by atoms with Crippen LogP contribution in [0.2, 0.25) is 0 Å². The van der Waals surface area contributed by atoms with Gasteiger partial charge in [-0.3, -0.25) is 10.1 Å². The molecular weight excluding hydrogens is 336 g/mol. The Balaban J connectivity index is 1.66. The molecule has 1 saturated heterocycles. The van der Waals surface area contributed by atoms with Crippen molar-refractivity contribution >= 4 is 11.9 Å². The highest BCUT2D eigenvalue weighted by molar-refractivity contribution is 6.03. The van der Waals surface area contributed by atoms with Crippen molar-refractivity contribution in [3.05, 3.63) is 29.7 Å². The van der Waals surface area contributed by atoms with E-state index in [1.807, 2.05) is 0 Å². The van der Waals surface area contributed by atoms with Crippen LogP contribution in [-0.2, 0) is 11.8 Å². The third kappa shape index (κ3) is 4.55. The van der Waals surface area contributed by atoms with Crippen LogP contribution in [0.4, 0.5) is 5.95 Å². The smallest absolute Gasteiger partial charge is 0.258 e. The van der Waals surface area contributed by atoms with Crippen molar-refractivity contribution in [1.29, 1.82) is 0 Å². The van der Waals surface area contributed by atoms with Gasteiger partial charge in [0.25, 0.3) is 5.91 Å². The summed E-state index contributed by atoms with van der Waals surface area (Å²) in [6.45, 7) is 2.76. The molecule has 0 bridgehead atoms. The van der Waals surface area contributed by atoms with Gasteiger partial charge in [-0.05, 0) is 32.0 Å². The fourth-order valence-electron chi connectivity index (χ4n) is 2.80. The second kappa shape index (κ2) is 8.72. The Bertz CT molecular complexity index is 742. The summed E-state index contributed by atoms with van der Waals surface area (Å²) in [5.41, 5.74) is 0.443. The predicted molar refractivity (Wildman–Crippen MR) is 95.4 cm³/mol. The summed E-state index contributed by atoms with van der Waals surface area (Å²) in [7, 11) is 3.37. The lowest BCUT2D eigenvalue weighted by Crippen LogP contribution is -2.27. The van der Waals surface area contributed by atoms with Crippen molar-refractivity contribution in [2.45, 2.75) is 18.8 Å². The second-order valence-corrected chi connectivity index (χ2v) is 6.12. The minimum Gasteiger partial charge on any atom is -0.475 e. The van der Waals surface area contributed by atoms with Gasteiger partial charge in [0.15, 0.2) is 5.82 Å². The van der Waals surface area contributed by atoms with Gasteiger partial charge >= 0.3 is 0 Å². The molecule has 0 aliphatic carbocycles. The first-order chi connectivity index (χ1) is 12.7. The maximum atomic E-state index is 12.5. The van der Waals surface area contributed by atoms with Gasteiger partial charge in [0, 0.05) is 37.9 Å². The maximum Gasteiger partial charge on any atom is 0.258 e. The Morgan fingerprint density at radius 1 is 1.38 bits per heavy atom. The number of hydrogen-bond acceptors (Lipinski definition) is 7. The van der Waals surface area contributed by atoms with Crippen molar-refractivity contribution in [3.63, 3.8) is 0 Å². The van der Waals surface area contributed by atoms with E-state index in [1.54, 1.807) is 31.0 Å². The molecule has 2 aromatic heterocycles. The summed E-state index contributed by atoms with van der Waals surface area (Å²) < 4.78 is 12.0. The highest BCUT2D eigenvalue weighted by Crippen LogP contribution is 2.23. The molecule has 3 heterocycles. The second-order valence-electron chi connectivity index (χ2n) is 6.12. The Labute approximate surface area is 152 Å². The topological polar surface area (TPSA) is 103 Å². The molecule has 140 valence electrons. The lowest BCUT2D eigenvalue weighted by molar-refractivity contribution is 0.102. The maximum absolute atomic E-state index is 12.5. The quantitative estimate of drug-likeness (QED) is 0.709. The average Bonchev–Trinajstić information content (AvgIpc) is 3.03. The molecular formula is C17H24N6O3. The van der Waals surface area contributed by atoms with Crippen LogP contribution in [0.3, 0.4) is 0 Å². The molecule has 1 amide bonds. The molecule has 1 aliphatic rings. The lowest BCUT2D eigenvalue weighted by Gasteiger charge is -2.19. The van der Waals surface area contributed by atoms with Crippen LogP contribution >= 0.6 is 0 Å². The van der Waals surface area contributed by atoms with Crippen LogP contribution in [0.25, 0.3) is 0 Å². The van der Waals surface area contributed by atoms with Crippen molar-refractivity contribution in [1.82, 2.24) is 25.1 Å². The number of nitrogens with zero attached hydrogens (tertiary/aromatic N) is 4. The summed E-state index contributed by atoms with van der Waals surface area (Å²) in [4.78, 5) is 21.1. The highest BCUT2D eigenvalue weighted by Gasteiger charge is 2.21. The number of carbonyl (C=O) groups is 1. The number of hydrogen-bond donors (Lipinski definition) is 2. The van der Waals surface area contributed by atoms with Crippen molar-refractivity contribution in [2.24, 2.45) is 7.05 Å². The van der Waals surface area contributed by atoms with Crippen LogP contribution in [0.15, 0.2) is 18.3 Å². The first-order valence-corrected chi connectivity index (χ1v) is 8.68. The molecule has 1 aliphatic heterocycles. The van der Waals surface area contributed by atoms with Gasteiger partial charge in [0.2, 0.25) is 11.8 Å². The van der Waals surface area contributed by atoms with Crippen LogP contribution in [-0.4, -0.2) is 59.1 Å². The van der Waals surface area contributed by atoms with E-state index in [0.29, 0.717) is 36.5 Å². The van der Waals surface area contributed by atoms with E-state index in [-0.39, 0.29) is 5.91 Å². The van der Waals surface area contributed by atoms with E-state index in [4.69, 9.17) is 9.47 Å². The third-order valence-corrected chi connectivity index (χ3v) is 4.24. The number of rotatable bonds is 7. The minimum atomic E-state index is -0.281. The average molecular weight is 360 g/mol. The van der Waals surface area contributed by atoms with E-state index in [2.05, 4.69) is 25.7 Å². The molecule has 1 fully saturated rings. The van der Waals surface area contributed by atoms with Crippen LogP contribution < -0.4 is 15.4 Å². The SMILES string of the molecule is COCCOc1cc(C(=O)Nc2nc(C3CCNCC3)nn2C)ccn1. The Morgan fingerprint density at radius 2 is 2.19 bits per heavy atom. The van der Waals surface area contributed by atoms with E-state index >= 15 is 0 Å². The Kier molecular flexibility index (Phi) is 6.13. The summed E-state index contributed by atoms with van der Waals surface area (Å²) in [6, 6.07) is 3.22. The molecule has 0 saturated carbocycles. The molecule has 0 spiro atoms. The first kappa shape index (κ1) is 18.3. The predicted octanol–water partition coefficient (Wildman–Crippen LogP) is 0.955. The van der Waals surface area contributed by atoms with Crippen LogP contribution in [0, 0.1) is 0 Å². The van der Waals surface area contributed by atoms with Crippen molar-refractivity contribution < 1.29 is 14.3 Å². The molecule has 0 unspecified atom stereocenters. The van der Waals surface area contributed by atoms with Gasteiger partial charge < -0.3 is 14.8 Å².